The average Bonchev–Trinajstić information content (AvgIpc) is 2.94. The lowest BCUT2D eigenvalue weighted by molar-refractivity contribution is 0.744. The molecule has 128 valence electrons. The number of halogens is 3. The van der Waals surface area contributed by atoms with Gasteiger partial charge in [0.25, 0.3) is 0 Å². The van der Waals surface area contributed by atoms with Crippen molar-refractivity contribution in [2.24, 2.45) is 5.10 Å². The highest BCUT2D eigenvalue weighted by Crippen LogP contribution is 2.28. The van der Waals surface area contributed by atoms with Crippen molar-refractivity contribution in [2.45, 2.75) is 17.8 Å². The fourth-order valence-electron chi connectivity index (χ4n) is 2.02. The highest BCUT2D eigenvalue weighted by molar-refractivity contribution is 7.98. The fraction of sp³-hybridized carbons (Fsp3) is 0.118. The molecule has 0 bridgehead atoms. The van der Waals surface area contributed by atoms with Crippen molar-refractivity contribution in [3.8, 4) is 0 Å². The summed E-state index contributed by atoms with van der Waals surface area (Å²) in [4.78, 5) is 0. The molecule has 8 heteroatoms. The van der Waals surface area contributed by atoms with Gasteiger partial charge in [0.15, 0.2) is 5.82 Å². The maximum absolute atomic E-state index is 6.21. The van der Waals surface area contributed by atoms with Crippen LogP contribution in [0.3, 0.4) is 0 Å². The van der Waals surface area contributed by atoms with Crippen molar-refractivity contribution in [2.75, 3.05) is 0 Å². The third kappa shape index (κ3) is 4.76. The third-order valence-electron chi connectivity index (χ3n) is 3.33. The topological polar surface area (TPSA) is 43.1 Å². The molecule has 3 aromatic rings. The predicted molar refractivity (Wildman–Crippen MR) is 105 cm³/mol. The molecule has 0 aliphatic carbocycles. The number of aromatic nitrogens is 3. The molecular formula is C17H13Cl3N4S. The van der Waals surface area contributed by atoms with Crippen LogP contribution in [0.5, 0.6) is 0 Å². The minimum atomic E-state index is 0.616. The molecule has 0 saturated heterocycles. The van der Waals surface area contributed by atoms with Crippen LogP contribution in [0.4, 0.5) is 0 Å². The van der Waals surface area contributed by atoms with E-state index in [1.807, 2.05) is 43.3 Å². The molecule has 0 aliphatic rings. The molecule has 4 nitrogen and oxygen atoms in total. The van der Waals surface area contributed by atoms with Gasteiger partial charge >= 0.3 is 0 Å². The van der Waals surface area contributed by atoms with Crippen LogP contribution in [0, 0.1) is 6.92 Å². The Labute approximate surface area is 164 Å². The van der Waals surface area contributed by atoms with Gasteiger partial charge in [0.05, 0.1) is 6.21 Å². The highest BCUT2D eigenvalue weighted by atomic mass is 35.5. The minimum absolute atomic E-state index is 0.616. The second kappa shape index (κ2) is 8.23. The highest BCUT2D eigenvalue weighted by Gasteiger charge is 2.10. The van der Waals surface area contributed by atoms with E-state index in [1.165, 1.54) is 11.8 Å². The Morgan fingerprint density at radius 2 is 1.76 bits per heavy atom. The second-order valence-corrected chi connectivity index (χ2v) is 7.38. The first-order valence-electron chi connectivity index (χ1n) is 7.31. The molecule has 0 unspecified atom stereocenters. The van der Waals surface area contributed by atoms with Crippen LogP contribution in [0.25, 0.3) is 0 Å². The van der Waals surface area contributed by atoms with E-state index in [2.05, 4.69) is 15.3 Å². The van der Waals surface area contributed by atoms with Gasteiger partial charge in [-0.1, -0.05) is 64.8 Å². The molecular weight excluding hydrogens is 399 g/mol. The second-order valence-electron chi connectivity index (χ2n) is 5.16. The first-order valence-corrected chi connectivity index (χ1v) is 9.43. The summed E-state index contributed by atoms with van der Waals surface area (Å²) >= 11 is 19.5. The number of hydrogen-bond donors (Lipinski definition) is 0. The van der Waals surface area contributed by atoms with E-state index in [1.54, 1.807) is 17.0 Å². The predicted octanol–water partition coefficient (Wildman–Crippen LogP) is 5.72. The van der Waals surface area contributed by atoms with Gasteiger partial charge in [-0.25, -0.2) is 0 Å². The van der Waals surface area contributed by atoms with Crippen molar-refractivity contribution in [3.63, 3.8) is 0 Å². The number of thioether (sulfide) groups is 1. The Balaban J connectivity index is 1.76. The number of aryl methyl sites for hydroxylation is 1. The van der Waals surface area contributed by atoms with Crippen LogP contribution in [0.1, 0.15) is 17.0 Å². The summed E-state index contributed by atoms with van der Waals surface area (Å²) in [5.41, 5.74) is 1.92. The summed E-state index contributed by atoms with van der Waals surface area (Å²) in [5.74, 6) is 1.35. The average molecular weight is 412 g/mol. The van der Waals surface area contributed by atoms with E-state index in [9.17, 15) is 0 Å². The van der Waals surface area contributed by atoms with Crippen LogP contribution in [-0.2, 0) is 5.75 Å². The summed E-state index contributed by atoms with van der Waals surface area (Å²) in [5, 5.41) is 15.4. The molecule has 1 aromatic heterocycles. The van der Waals surface area contributed by atoms with Crippen molar-refractivity contribution in [1.29, 1.82) is 0 Å². The zero-order valence-corrected chi connectivity index (χ0v) is 16.2. The Kier molecular flexibility index (Phi) is 6.02. The lowest BCUT2D eigenvalue weighted by atomic mass is 10.2. The normalized spacial score (nSPS) is 11.4. The molecule has 1 heterocycles. The zero-order valence-electron chi connectivity index (χ0n) is 13.2. The summed E-state index contributed by atoms with van der Waals surface area (Å²) in [6.45, 7) is 1.85. The molecule has 0 saturated carbocycles. The fourth-order valence-corrected chi connectivity index (χ4v) is 3.63. The van der Waals surface area contributed by atoms with Crippen molar-refractivity contribution in [3.05, 3.63) is 74.5 Å². The number of hydrogen-bond acceptors (Lipinski definition) is 4. The van der Waals surface area contributed by atoms with Gasteiger partial charge in [-0.3, -0.25) is 0 Å². The minimum Gasteiger partial charge on any atom is -0.192 e. The summed E-state index contributed by atoms with van der Waals surface area (Å²) in [6, 6.07) is 12.9. The van der Waals surface area contributed by atoms with E-state index in [-0.39, 0.29) is 0 Å². The molecule has 0 N–H and O–H groups in total. The lowest BCUT2D eigenvalue weighted by Gasteiger charge is -2.05. The molecule has 0 aliphatic heterocycles. The first-order chi connectivity index (χ1) is 12.0. The van der Waals surface area contributed by atoms with Crippen LogP contribution >= 0.6 is 46.6 Å². The lowest BCUT2D eigenvalue weighted by Crippen LogP contribution is -1.96. The quantitative estimate of drug-likeness (QED) is 0.398. The van der Waals surface area contributed by atoms with Crippen LogP contribution in [0.2, 0.25) is 15.1 Å². The number of rotatable bonds is 5. The SMILES string of the molecule is Cc1nnc(SCc2ccc(Cl)cc2Cl)n1/N=C\c1ccc(Cl)cc1. The maximum atomic E-state index is 6.21. The Bertz CT molecular complexity index is 907. The molecule has 0 spiro atoms. The molecule has 0 amide bonds. The Morgan fingerprint density at radius 3 is 2.48 bits per heavy atom. The molecule has 0 atom stereocenters. The van der Waals surface area contributed by atoms with Gasteiger partial charge < -0.3 is 0 Å². The molecule has 3 rings (SSSR count). The van der Waals surface area contributed by atoms with E-state index in [0.29, 0.717) is 31.8 Å². The Hall–Kier alpha value is -1.53. The maximum Gasteiger partial charge on any atom is 0.212 e. The molecule has 25 heavy (non-hydrogen) atoms. The van der Waals surface area contributed by atoms with E-state index < -0.39 is 0 Å². The smallest absolute Gasteiger partial charge is 0.192 e. The largest absolute Gasteiger partial charge is 0.212 e. The molecule has 0 radical (unpaired) electrons. The monoisotopic (exact) mass is 410 g/mol. The van der Waals surface area contributed by atoms with Crippen LogP contribution < -0.4 is 0 Å². The summed E-state index contributed by atoms with van der Waals surface area (Å²) < 4.78 is 1.70. The molecule has 0 fully saturated rings. The first kappa shape index (κ1) is 18.3. The van der Waals surface area contributed by atoms with Crippen molar-refractivity contribution < 1.29 is 0 Å². The molecule has 2 aromatic carbocycles. The zero-order chi connectivity index (χ0) is 17.8. The van der Waals surface area contributed by atoms with Gasteiger partial charge in [0.1, 0.15) is 0 Å². The van der Waals surface area contributed by atoms with Crippen LogP contribution in [0.15, 0.2) is 52.7 Å². The van der Waals surface area contributed by atoms with Gasteiger partial charge in [-0.05, 0) is 42.3 Å². The van der Waals surface area contributed by atoms with E-state index >= 15 is 0 Å². The van der Waals surface area contributed by atoms with E-state index in [4.69, 9.17) is 34.8 Å². The van der Waals surface area contributed by atoms with Gasteiger partial charge in [-0.2, -0.15) is 9.78 Å². The number of benzene rings is 2. The van der Waals surface area contributed by atoms with Gasteiger partial charge in [-0.15, -0.1) is 10.2 Å². The Morgan fingerprint density at radius 1 is 1.04 bits per heavy atom. The summed E-state index contributed by atoms with van der Waals surface area (Å²) in [7, 11) is 0. The van der Waals surface area contributed by atoms with Crippen molar-refractivity contribution >= 4 is 52.8 Å². The van der Waals surface area contributed by atoms with Crippen molar-refractivity contribution in [1.82, 2.24) is 14.9 Å². The summed E-state index contributed by atoms with van der Waals surface area (Å²) in [6.07, 6.45) is 1.74. The number of nitrogens with zero attached hydrogens (tertiary/aromatic N) is 4. The third-order valence-corrected chi connectivity index (χ3v) is 5.14. The van der Waals surface area contributed by atoms with E-state index in [0.717, 1.165) is 11.1 Å². The van der Waals surface area contributed by atoms with Crippen LogP contribution in [-0.4, -0.2) is 21.1 Å². The standard InChI is InChI=1S/C17H13Cl3N4S/c1-11-22-23-17(25-10-13-4-7-15(19)8-16(13)20)24(11)21-9-12-2-5-14(18)6-3-12/h2-9H,10H2,1H3/b21-9-. The van der Waals surface area contributed by atoms with Gasteiger partial charge in [0, 0.05) is 20.8 Å². The van der Waals surface area contributed by atoms with Gasteiger partial charge in [0.2, 0.25) is 5.16 Å².